The van der Waals surface area contributed by atoms with Gasteiger partial charge in [0.15, 0.2) is 0 Å². The first kappa shape index (κ1) is 19.8. The van der Waals surface area contributed by atoms with Gasteiger partial charge in [-0.05, 0) is 30.4 Å². The molecule has 8 nitrogen and oxygen atoms in total. The molecule has 2 aliphatic rings. The van der Waals surface area contributed by atoms with Gasteiger partial charge in [-0.15, -0.1) is 0 Å². The van der Waals surface area contributed by atoms with Crippen LogP contribution in [0.1, 0.15) is 34.5 Å². The van der Waals surface area contributed by atoms with Crippen molar-refractivity contribution in [1.82, 2.24) is 20.2 Å². The largest absolute Gasteiger partial charge is 0.393 e. The predicted molar refractivity (Wildman–Crippen MR) is 108 cm³/mol. The Balaban J connectivity index is 1.24. The van der Waals surface area contributed by atoms with Crippen molar-refractivity contribution in [3.05, 3.63) is 53.5 Å². The molecule has 1 aromatic carbocycles. The van der Waals surface area contributed by atoms with Crippen molar-refractivity contribution in [3.63, 3.8) is 0 Å². The van der Waals surface area contributed by atoms with Gasteiger partial charge in [-0.25, -0.2) is 9.97 Å². The number of benzene rings is 1. The quantitative estimate of drug-likeness (QED) is 0.540. The Kier molecular flexibility index (Phi) is 6.03. The van der Waals surface area contributed by atoms with Crippen LogP contribution in [0.3, 0.4) is 0 Å². The first-order valence-corrected chi connectivity index (χ1v) is 10.1. The number of rotatable bonds is 7. The Morgan fingerprint density at radius 2 is 2.03 bits per heavy atom. The van der Waals surface area contributed by atoms with Gasteiger partial charge in [0.1, 0.15) is 17.8 Å². The number of aliphatic hydroxyl groups is 2. The van der Waals surface area contributed by atoms with Crippen LogP contribution >= 0.6 is 0 Å². The number of aromatic nitrogens is 2. The number of carbonyl (C=O) groups is 1. The average Bonchev–Trinajstić information content (AvgIpc) is 2.71. The SMILES string of the molecule is O=C(NCC(O)CN1CCc2ccccc2C1)c1cc(NC2CC(O)C2)ncn1. The van der Waals surface area contributed by atoms with Crippen molar-refractivity contribution in [2.75, 3.05) is 25.0 Å². The lowest BCUT2D eigenvalue weighted by Gasteiger charge is -2.32. The second kappa shape index (κ2) is 8.86. The number of amides is 1. The molecule has 154 valence electrons. The number of nitrogens with one attached hydrogen (secondary N) is 2. The zero-order valence-electron chi connectivity index (χ0n) is 16.3. The predicted octanol–water partition coefficient (Wildman–Crippen LogP) is 0.561. The Hall–Kier alpha value is -2.55. The van der Waals surface area contributed by atoms with Gasteiger partial charge < -0.3 is 20.8 Å². The molecule has 1 unspecified atom stereocenters. The Labute approximate surface area is 170 Å². The van der Waals surface area contributed by atoms with E-state index in [1.165, 1.54) is 17.5 Å². The van der Waals surface area contributed by atoms with Gasteiger partial charge in [-0.3, -0.25) is 9.69 Å². The highest BCUT2D eigenvalue weighted by Crippen LogP contribution is 2.23. The Bertz CT molecular complexity index is 856. The first-order chi connectivity index (χ1) is 14.1. The van der Waals surface area contributed by atoms with Crippen LogP contribution in [0.5, 0.6) is 0 Å². The zero-order chi connectivity index (χ0) is 20.2. The lowest BCUT2D eigenvalue weighted by molar-refractivity contribution is 0.0829. The molecule has 4 N–H and O–H groups in total. The van der Waals surface area contributed by atoms with Crippen molar-refractivity contribution >= 4 is 11.7 Å². The van der Waals surface area contributed by atoms with Gasteiger partial charge in [0.2, 0.25) is 0 Å². The van der Waals surface area contributed by atoms with E-state index in [1.54, 1.807) is 6.07 Å². The van der Waals surface area contributed by atoms with Crippen LogP contribution in [0.4, 0.5) is 5.82 Å². The molecule has 2 heterocycles. The minimum absolute atomic E-state index is 0.165. The highest BCUT2D eigenvalue weighted by Gasteiger charge is 2.27. The fourth-order valence-electron chi connectivity index (χ4n) is 3.85. The fraction of sp³-hybridized carbons (Fsp3) is 0.476. The summed E-state index contributed by atoms with van der Waals surface area (Å²) in [6.07, 6.45) is 2.77. The summed E-state index contributed by atoms with van der Waals surface area (Å²) in [6.45, 7) is 2.39. The van der Waals surface area contributed by atoms with Gasteiger partial charge in [0.05, 0.1) is 12.2 Å². The topological polar surface area (TPSA) is 111 Å². The summed E-state index contributed by atoms with van der Waals surface area (Å²) in [6, 6.07) is 10.1. The van der Waals surface area contributed by atoms with E-state index in [2.05, 4.69) is 43.7 Å². The van der Waals surface area contributed by atoms with Crippen LogP contribution in [0.15, 0.2) is 36.7 Å². The van der Waals surface area contributed by atoms with Crippen molar-refractivity contribution in [2.24, 2.45) is 0 Å². The van der Waals surface area contributed by atoms with Crippen LogP contribution in [-0.2, 0) is 13.0 Å². The summed E-state index contributed by atoms with van der Waals surface area (Å²) in [7, 11) is 0. The molecule has 0 radical (unpaired) electrons. The van der Waals surface area contributed by atoms with Crippen LogP contribution in [-0.4, -0.2) is 68.9 Å². The number of fused-ring (bicyclic) bond motifs is 1. The van der Waals surface area contributed by atoms with Crippen LogP contribution in [0.25, 0.3) is 0 Å². The van der Waals surface area contributed by atoms with E-state index < -0.39 is 6.10 Å². The van der Waals surface area contributed by atoms with Gasteiger partial charge in [0.25, 0.3) is 5.91 Å². The molecule has 0 spiro atoms. The normalized spacial score (nSPS) is 22.3. The summed E-state index contributed by atoms with van der Waals surface area (Å²) in [5, 5.41) is 25.7. The molecule has 1 amide bonds. The molecule has 1 aliphatic heterocycles. The monoisotopic (exact) mass is 397 g/mol. The maximum Gasteiger partial charge on any atom is 0.270 e. The van der Waals surface area contributed by atoms with Gasteiger partial charge >= 0.3 is 0 Å². The zero-order valence-corrected chi connectivity index (χ0v) is 16.3. The van der Waals surface area contributed by atoms with E-state index in [-0.39, 0.29) is 30.3 Å². The van der Waals surface area contributed by atoms with Gasteiger partial charge in [0, 0.05) is 38.3 Å². The molecule has 0 bridgehead atoms. The van der Waals surface area contributed by atoms with E-state index >= 15 is 0 Å². The summed E-state index contributed by atoms with van der Waals surface area (Å²) in [5.74, 6) is 0.224. The van der Waals surface area contributed by atoms with Crippen molar-refractivity contribution in [1.29, 1.82) is 0 Å². The van der Waals surface area contributed by atoms with E-state index in [0.717, 1.165) is 19.5 Å². The minimum atomic E-state index is -0.653. The lowest BCUT2D eigenvalue weighted by Crippen LogP contribution is -2.42. The summed E-state index contributed by atoms with van der Waals surface area (Å²) >= 11 is 0. The van der Waals surface area contributed by atoms with Crippen LogP contribution in [0, 0.1) is 0 Å². The molecule has 1 atom stereocenters. The van der Waals surface area contributed by atoms with Crippen LogP contribution in [0.2, 0.25) is 0 Å². The number of hydrogen-bond donors (Lipinski definition) is 4. The number of aliphatic hydroxyl groups excluding tert-OH is 2. The maximum atomic E-state index is 12.4. The summed E-state index contributed by atoms with van der Waals surface area (Å²) in [5.41, 5.74) is 2.92. The van der Waals surface area contributed by atoms with Crippen molar-refractivity contribution in [2.45, 2.75) is 44.1 Å². The third kappa shape index (κ3) is 5.09. The van der Waals surface area contributed by atoms with E-state index in [4.69, 9.17) is 0 Å². The number of nitrogens with zero attached hydrogens (tertiary/aromatic N) is 3. The standard InChI is InChI=1S/C21H27N5O3/c27-17-7-16(8-17)25-20-9-19(23-13-24-20)21(29)22-10-18(28)12-26-6-5-14-3-1-2-4-15(14)11-26/h1-4,9,13,16-18,27-28H,5-8,10-12H2,(H,22,29)(H,23,24,25). The fourth-order valence-corrected chi connectivity index (χ4v) is 3.85. The number of anilines is 1. The first-order valence-electron chi connectivity index (χ1n) is 10.1. The molecule has 0 saturated heterocycles. The Morgan fingerprint density at radius 1 is 1.24 bits per heavy atom. The van der Waals surface area contributed by atoms with Gasteiger partial charge in [-0.2, -0.15) is 0 Å². The molecule has 8 heteroatoms. The van der Waals surface area contributed by atoms with E-state index in [9.17, 15) is 15.0 Å². The number of β-amino-alcohol motifs (C(OH)–C–C–N with tert-alkyl or cyclic N) is 1. The third-order valence-electron chi connectivity index (χ3n) is 5.54. The number of carbonyl (C=O) groups excluding carboxylic acids is 1. The summed E-state index contributed by atoms with van der Waals surface area (Å²) < 4.78 is 0. The molecule has 1 aliphatic carbocycles. The smallest absolute Gasteiger partial charge is 0.270 e. The highest BCUT2D eigenvalue weighted by atomic mass is 16.3. The molecule has 4 rings (SSSR count). The molecular weight excluding hydrogens is 370 g/mol. The molecule has 2 aromatic rings. The van der Waals surface area contributed by atoms with Gasteiger partial charge in [-0.1, -0.05) is 24.3 Å². The highest BCUT2D eigenvalue weighted by molar-refractivity contribution is 5.92. The van der Waals surface area contributed by atoms with E-state index in [1.807, 2.05) is 6.07 Å². The maximum absolute atomic E-state index is 12.4. The van der Waals surface area contributed by atoms with E-state index in [0.29, 0.717) is 25.2 Å². The molecule has 1 aromatic heterocycles. The Morgan fingerprint density at radius 3 is 2.83 bits per heavy atom. The van der Waals surface area contributed by atoms with Crippen molar-refractivity contribution < 1.29 is 15.0 Å². The average molecular weight is 397 g/mol. The lowest BCUT2D eigenvalue weighted by atomic mass is 9.89. The van der Waals surface area contributed by atoms with Crippen molar-refractivity contribution in [3.8, 4) is 0 Å². The minimum Gasteiger partial charge on any atom is -0.393 e. The molecular formula is C21H27N5O3. The molecule has 1 saturated carbocycles. The third-order valence-corrected chi connectivity index (χ3v) is 5.54. The second-order valence-electron chi connectivity index (χ2n) is 7.87. The second-order valence-corrected chi connectivity index (χ2v) is 7.87. The molecule has 1 fully saturated rings. The summed E-state index contributed by atoms with van der Waals surface area (Å²) in [4.78, 5) is 22.7. The number of hydrogen-bond acceptors (Lipinski definition) is 7. The van der Waals surface area contributed by atoms with Crippen LogP contribution < -0.4 is 10.6 Å². The molecule has 29 heavy (non-hydrogen) atoms.